The van der Waals surface area contributed by atoms with Crippen LogP contribution in [-0.2, 0) is 0 Å². The van der Waals surface area contributed by atoms with Gasteiger partial charge in [-0.2, -0.15) is 0 Å². The molecule has 590 valence electrons. The molecule has 4 heterocycles. The summed E-state index contributed by atoms with van der Waals surface area (Å²) in [5, 5.41) is 17.0. The summed E-state index contributed by atoms with van der Waals surface area (Å²) in [6.07, 6.45) is 0. The third-order valence-electron chi connectivity index (χ3n) is 25.4. The zero-order valence-electron chi connectivity index (χ0n) is 68.6. The molecule has 4 aromatic heterocycles. The third kappa shape index (κ3) is 12.8. The standard InChI is InChI=1S/C62H40N2O.C58H38N2O/c1-2-13-50-46(12-1)40-59(53-15-4-3-14-52(50)53)63(47-34-28-42(29-35-47)41-24-26-45(27-25-41)51-19-11-23-61-62(51)56-18-7-10-22-60(56)65-61)48-36-30-43(31-37-48)44-32-38-49(39-33-44)64-57-20-8-5-16-54(57)55-17-6-9-21-58(55)64;1-2-11-45-38-49(37-30-39(45)10-1)59(46-31-24-41(25-32-46)40-20-22-44(23-21-40)50-15-9-19-57-58(50)53-14-5-8-18-56(53)61-57)47-33-26-42(27-34-47)43-28-35-48(36-29-43)60-54-16-6-3-12-51(54)52-13-4-7-17-55(52)60/h1-40H;1-38H. The molecule has 21 aromatic carbocycles. The Morgan fingerprint density at radius 1 is 0.167 bits per heavy atom. The van der Waals surface area contributed by atoms with Crippen LogP contribution in [0.5, 0.6) is 0 Å². The van der Waals surface area contributed by atoms with Gasteiger partial charge in [-0.1, -0.05) is 334 Å². The molecule has 6 heteroatoms. The van der Waals surface area contributed by atoms with E-state index < -0.39 is 0 Å². The summed E-state index contributed by atoms with van der Waals surface area (Å²) >= 11 is 0. The van der Waals surface area contributed by atoms with E-state index >= 15 is 0 Å². The molecule has 25 rings (SSSR count). The Kier molecular flexibility index (Phi) is 17.8. The second-order valence-corrected chi connectivity index (χ2v) is 32.6. The second-order valence-electron chi connectivity index (χ2n) is 32.6. The van der Waals surface area contributed by atoms with Gasteiger partial charge in [0.25, 0.3) is 0 Å². The molecule has 0 radical (unpaired) electrons. The molecule has 0 amide bonds. The van der Waals surface area contributed by atoms with Crippen molar-refractivity contribution < 1.29 is 8.83 Å². The van der Waals surface area contributed by atoms with Crippen LogP contribution >= 0.6 is 0 Å². The van der Waals surface area contributed by atoms with Crippen molar-refractivity contribution in [2.75, 3.05) is 9.80 Å². The molecule has 6 nitrogen and oxygen atoms in total. The first-order chi connectivity index (χ1) is 62.5. The number of fused-ring (bicyclic) bond motifs is 16. The average Bonchev–Trinajstić information content (AvgIpc) is 1.50. The van der Waals surface area contributed by atoms with Gasteiger partial charge < -0.3 is 27.8 Å². The number of aromatic nitrogens is 2. The van der Waals surface area contributed by atoms with E-state index in [9.17, 15) is 0 Å². The van der Waals surface area contributed by atoms with Crippen LogP contribution in [0.3, 0.4) is 0 Å². The number of hydrogen-bond acceptors (Lipinski definition) is 4. The normalized spacial score (nSPS) is 11.7. The Hall–Kier alpha value is -16.8. The molecule has 0 aliphatic heterocycles. The van der Waals surface area contributed by atoms with Crippen LogP contribution in [-0.4, -0.2) is 9.13 Å². The van der Waals surface area contributed by atoms with Crippen LogP contribution in [0.25, 0.3) is 198 Å². The zero-order chi connectivity index (χ0) is 83.1. The van der Waals surface area contributed by atoms with E-state index in [0.29, 0.717) is 0 Å². The van der Waals surface area contributed by atoms with Crippen LogP contribution in [0, 0.1) is 0 Å². The summed E-state index contributed by atoms with van der Waals surface area (Å²) in [4.78, 5) is 4.76. The Balaban J connectivity index is 0.000000141. The number of nitrogens with zero attached hydrogens (tertiary/aromatic N) is 4. The van der Waals surface area contributed by atoms with E-state index in [-0.39, 0.29) is 0 Å². The van der Waals surface area contributed by atoms with Crippen molar-refractivity contribution in [3.05, 3.63) is 473 Å². The molecule has 0 spiro atoms. The van der Waals surface area contributed by atoms with E-state index in [1.54, 1.807) is 0 Å². The average molecular weight is 1610 g/mol. The van der Waals surface area contributed by atoms with Crippen molar-refractivity contribution in [1.29, 1.82) is 0 Å². The fourth-order valence-corrected chi connectivity index (χ4v) is 19.3. The summed E-state index contributed by atoms with van der Waals surface area (Å²) in [5.41, 5.74) is 31.5. The fourth-order valence-electron chi connectivity index (χ4n) is 19.3. The molecule has 0 fully saturated rings. The molecule has 0 saturated carbocycles. The first-order valence-corrected chi connectivity index (χ1v) is 43.1. The number of benzene rings is 21. The van der Waals surface area contributed by atoms with Crippen molar-refractivity contribution in [2.24, 2.45) is 0 Å². The van der Waals surface area contributed by atoms with E-state index in [1.807, 2.05) is 24.3 Å². The first-order valence-electron chi connectivity index (χ1n) is 43.1. The molecule has 0 bridgehead atoms. The molecule has 0 unspecified atom stereocenters. The highest BCUT2D eigenvalue weighted by Gasteiger charge is 2.23. The van der Waals surface area contributed by atoms with E-state index in [1.165, 1.54) is 137 Å². The lowest BCUT2D eigenvalue weighted by atomic mass is 9.96. The SMILES string of the molecule is c1ccc2c(c1)cc(N(c1ccc(-c3ccc(-c4cccc5oc6ccccc6c45)cc3)cc1)c1ccc(-c3ccc(-n4c5ccccc5c5ccccc54)cc3)cc1)c1ccccc12.c1ccc2cc(N(c3ccc(-c4ccc(-c5cccc6oc7ccccc7c56)cc4)cc3)c3ccc(-c4ccc(-n5c6ccccc6c6ccccc65)cc4)cc3)ccc2c1. The molecule has 0 N–H and O–H groups in total. The van der Waals surface area contributed by atoms with Crippen LogP contribution in [0.2, 0.25) is 0 Å². The number of para-hydroxylation sites is 6. The summed E-state index contributed by atoms with van der Waals surface area (Å²) < 4.78 is 17.1. The van der Waals surface area contributed by atoms with Crippen molar-refractivity contribution >= 4 is 154 Å². The topological polar surface area (TPSA) is 42.6 Å². The molecule has 0 atom stereocenters. The maximum Gasteiger partial charge on any atom is 0.136 e. The Labute approximate surface area is 728 Å². The predicted octanol–water partition coefficient (Wildman–Crippen LogP) is 33.8. The monoisotopic (exact) mass is 1610 g/mol. The molecule has 25 aromatic rings. The summed E-state index contributed by atoms with van der Waals surface area (Å²) in [6, 6.07) is 171. The fraction of sp³-hybridized carbons (Fsp3) is 0. The van der Waals surface area contributed by atoms with Gasteiger partial charge in [-0.05, 0) is 233 Å². The summed E-state index contributed by atoms with van der Waals surface area (Å²) in [6.45, 7) is 0. The summed E-state index contributed by atoms with van der Waals surface area (Å²) in [7, 11) is 0. The third-order valence-corrected chi connectivity index (χ3v) is 25.4. The van der Waals surface area contributed by atoms with Gasteiger partial charge >= 0.3 is 0 Å². The van der Waals surface area contributed by atoms with Gasteiger partial charge in [-0.3, -0.25) is 0 Å². The minimum absolute atomic E-state index is 0.909. The lowest BCUT2D eigenvalue weighted by Crippen LogP contribution is -2.10. The highest BCUT2D eigenvalue weighted by molar-refractivity contribution is 6.17. The van der Waals surface area contributed by atoms with Gasteiger partial charge in [0.1, 0.15) is 22.3 Å². The Bertz CT molecular complexity index is 8370. The molecule has 0 saturated heterocycles. The van der Waals surface area contributed by atoms with Gasteiger partial charge in [0.05, 0.1) is 27.8 Å². The smallest absolute Gasteiger partial charge is 0.136 e. The van der Waals surface area contributed by atoms with E-state index in [0.717, 1.165) is 94.9 Å². The van der Waals surface area contributed by atoms with Crippen molar-refractivity contribution in [1.82, 2.24) is 9.13 Å². The maximum absolute atomic E-state index is 6.21. The maximum atomic E-state index is 6.21. The van der Waals surface area contributed by atoms with Crippen LogP contribution in [0.1, 0.15) is 0 Å². The van der Waals surface area contributed by atoms with Crippen LogP contribution < -0.4 is 9.80 Å². The predicted molar refractivity (Wildman–Crippen MR) is 531 cm³/mol. The molecular weight excluding hydrogens is 1530 g/mol. The Morgan fingerprint density at radius 3 is 0.857 bits per heavy atom. The van der Waals surface area contributed by atoms with Gasteiger partial charge in [0.15, 0.2) is 0 Å². The minimum atomic E-state index is 0.909. The molecule has 0 aliphatic carbocycles. The van der Waals surface area contributed by atoms with E-state index in [4.69, 9.17) is 8.83 Å². The van der Waals surface area contributed by atoms with Gasteiger partial charge in [0, 0.05) is 88.3 Å². The lowest BCUT2D eigenvalue weighted by Gasteiger charge is -2.28. The summed E-state index contributed by atoms with van der Waals surface area (Å²) in [5.74, 6) is 0. The van der Waals surface area contributed by atoms with Gasteiger partial charge in [0.2, 0.25) is 0 Å². The van der Waals surface area contributed by atoms with Gasteiger partial charge in [-0.25, -0.2) is 0 Å². The number of anilines is 6. The van der Waals surface area contributed by atoms with Gasteiger partial charge in [-0.15, -0.1) is 0 Å². The molecule has 126 heavy (non-hydrogen) atoms. The Morgan fingerprint density at radius 2 is 0.452 bits per heavy atom. The van der Waals surface area contributed by atoms with Crippen LogP contribution in [0.4, 0.5) is 34.1 Å². The molecular formula is C120H78N4O2. The number of rotatable bonds is 14. The second kappa shape index (κ2) is 30.7. The highest BCUT2D eigenvalue weighted by Crippen LogP contribution is 2.47. The first kappa shape index (κ1) is 73.1. The largest absolute Gasteiger partial charge is 0.456 e. The van der Waals surface area contributed by atoms with Crippen molar-refractivity contribution in [3.8, 4) is 78.1 Å². The van der Waals surface area contributed by atoms with Crippen molar-refractivity contribution in [2.45, 2.75) is 0 Å². The minimum Gasteiger partial charge on any atom is -0.456 e. The number of hydrogen-bond donors (Lipinski definition) is 0. The zero-order valence-corrected chi connectivity index (χ0v) is 68.6. The lowest BCUT2D eigenvalue weighted by molar-refractivity contribution is 0.668. The number of furan rings is 2. The van der Waals surface area contributed by atoms with Crippen LogP contribution in [0.15, 0.2) is 482 Å². The van der Waals surface area contributed by atoms with Crippen molar-refractivity contribution in [3.63, 3.8) is 0 Å². The quantitative estimate of drug-likeness (QED) is 0.102. The highest BCUT2D eigenvalue weighted by atomic mass is 16.3. The molecule has 0 aliphatic rings. The van der Waals surface area contributed by atoms with E-state index in [2.05, 4.69) is 468 Å².